The van der Waals surface area contributed by atoms with Gasteiger partial charge in [-0.1, -0.05) is 23.7 Å². The van der Waals surface area contributed by atoms with Crippen LogP contribution >= 0.6 is 11.6 Å². The van der Waals surface area contributed by atoms with E-state index in [-0.39, 0.29) is 24.2 Å². The molecule has 1 aromatic carbocycles. The molecule has 1 aliphatic heterocycles. The van der Waals surface area contributed by atoms with Crippen LogP contribution in [0.2, 0.25) is 0 Å². The van der Waals surface area contributed by atoms with Gasteiger partial charge in [0.1, 0.15) is 0 Å². The Bertz CT molecular complexity index is 1320. The summed E-state index contributed by atoms with van der Waals surface area (Å²) in [5.74, 6) is 0.0872. The molecule has 5 rings (SSSR count). The van der Waals surface area contributed by atoms with Crippen LogP contribution in [0.25, 0.3) is 0 Å². The standard InChI is InChI=1S/C26H23ClN6O2/c27-18-6-9-21-22(14-18)32-23(34)13-17-15-30-26(33-24(17)21)31-20-7-4-16(5-8-20)25(35)29-12-10-19-3-1-2-11-28-19/h1-8,11,14-15,21H,9-10,12-13H2,(H,29,35)(H,32,34)(H,30,31,33). The minimum Gasteiger partial charge on any atom is -0.352 e. The maximum absolute atomic E-state index is 12.5. The summed E-state index contributed by atoms with van der Waals surface area (Å²) in [6.07, 6.45) is 8.66. The lowest BCUT2D eigenvalue weighted by Gasteiger charge is -2.21. The molecule has 1 atom stereocenters. The zero-order chi connectivity index (χ0) is 24.2. The van der Waals surface area contributed by atoms with Crippen LogP contribution in [0.3, 0.4) is 0 Å². The van der Waals surface area contributed by atoms with E-state index >= 15 is 0 Å². The van der Waals surface area contributed by atoms with E-state index in [1.54, 1.807) is 30.6 Å². The molecule has 1 unspecified atom stereocenters. The van der Waals surface area contributed by atoms with Crippen molar-refractivity contribution in [1.29, 1.82) is 0 Å². The van der Waals surface area contributed by atoms with Crippen LogP contribution in [0, 0.1) is 0 Å². The number of hydrogen-bond donors (Lipinski definition) is 3. The fourth-order valence-corrected chi connectivity index (χ4v) is 4.34. The van der Waals surface area contributed by atoms with Gasteiger partial charge in [-0.2, -0.15) is 0 Å². The number of carbonyl (C=O) groups is 2. The third-order valence-electron chi connectivity index (χ3n) is 5.88. The Labute approximate surface area is 207 Å². The number of fused-ring (bicyclic) bond motifs is 3. The molecule has 0 spiro atoms. The molecule has 2 amide bonds. The molecule has 3 N–H and O–H groups in total. The van der Waals surface area contributed by atoms with Gasteiger partial charge in [0.2, 0.25) is 11.9 Å². The first kappa shape index (κ1) is 22.7. The SMILES string of the molecule is O=C1Cc2cnc(Nc3ccc(C(=O)NCCc4ccccn4)cc3)nc2C2CC=C(Cl)C=C2N1. The summed E-state index contributed by atoms with van der Waals surface area (Å²) in [5.41, 5.74) is 4.60. The number of hydrogen-bond acceptors (Lipinski definition) is 6. The number of pyridine rings is 1. The molecule has 2 aliphatic rings. The van der Waals surface area contributed by atoms with Crippen molar-refractivity contribution in [2.24, 2.45) is 0 Å². The predicted molar refractivity (Wildman–Crippen MR) is 133 cm³/mol. The van der Waals surface area contributed by atoms with Gasteiger partial charge in [-0.05, 0) is 48.9 Å². The summed E-state index contributed by atoms with van der Waals surface area (Å²) < 4.78 is 0. The largest absolute Gasteiger partial charge is 0.352 e. The van der Waals surface area contributed by atoms with Crippen molar-refractivity contribution in [3.05, 3.63) is 100 Å². The first-order valence-corrected chi connectivity index (χ1v) is 11.7. The average Bonchev–Trinajstić information content (AvgIpc) is 2.99. The highest BCUT2D eigenvalue weighted by atomic mass is 35.5. The molecule has 0 bridgehead atoms. The molecule has 1 aliphatic carbocycles. The van der Waals surface area contributed by atoms with Gasteiger partial charge in [0, 0.05) is 64.5 Å². The maximum Gasteiger partial charge on any atom is 0.251 e. The highest BCUT2D eigenvalue weighted by molar-refractivity contribution is 6.31. The van der Waals surface area contributed by atoms with Crippen LogP contribution in [-0.2, 0) is 17.6 Å². The first-order chi connectivity index (χ1) is 17.0. The lowest BCUT2D eigenvalue weighted by Crippen LogP contribution is -2.25. The quantitative estimate of drug-likeness (QED) is 0.489. The van der Waals surface area contributed by atoms with Gasteiger partial charge in [0.15, 0.2) is 0 Å². The van der Waals surface area contributed by atoms with E-state index in [1.807, 2.05) is 36.4 Å². The Morgan fingerprint density at radius 3 is 2.80 bits per heavy atom. The van der Waals surface area contributed by atoms with Crippen molar-refractivity contribution >= 4 is 35.1 Å². The lowest BCUT2D eigenvalue weighted by molar-refractivity contribution is -0.119. The van der Waals surface area contributed by atoms with Gasteiger partial charge in [0.05, 0.1) is 12.1 Å². The van der Waals surface area contributed by atoms with Crippen molar-refractivity contribution in [2.45, 2.75) is 25.2 Å². The van der Waals surface area contributed by atoms with Gasteiger partial charge < -0.3 is 16.0 Å². The molecule has 35 heavy (non-hydrogen) atoms. The van der Waals surface area contributed by atoms with E-state index in [4.69, 9.17) is 16.6 Å². The highest BCUT2D eigenvalue weighted by Gasteiger charge is 2.29. The van der Waals surface area contributed by atoms with E-state index < -0.39 is 0 Å². The Morgan fingerprint density at radius 1 is 1.14 bits per heavy atom. The monoisotopic (exact) mass is 486 g/mol. The number of nitrogens with one attached hydrogen (secondary N) is 3. The summed E-state index contributed by atoms with van der Waals surface area (Å²) in [6, 6.07) is 12.8. The van der Waals surface area contributed by atoms with Crippen molar-refractivity contribution < 1.29 is 9.59 Å². The first-order valence-electron chi connectivity index (χ1n) is 11.3. The number of aromatic nitrogens is 3. The number of rotatable bonds is 6. The molecular formula is C26H23ClN6O2. The Morgan fingerprint density at radius 2 is 2.00 bits per heavy atom. The third-order valence-corrected chi connectivity index (χ3v) is 6.14. The van der Waals surface area contributed by atoms with Gasteiger partial charge >= 0.3 is 0 Å². The summed E-state index contributed by atoms with van der Waals surface area (Å²) in [7, 11) is 0. The molecule has 3 aromatic rings. The van der Waals surface area contributed by atoms with Crippen molar-refractivity contribution in [3.8, 4) is 0 Å². The van der Waals surface area contributed by atoms with E-state index in [2.05, 4.69) is 25.9 Å². The molecule has 2 aromatic heterocycles. The maximum atomic E-state index is 12.5. The third kappa shape index (κ3) is 5.38. The van der Waals surface area contributed by atoms with Crippen molar-refractivity contribution in [2.75, 3.05) is 11.9 Å². The van der Waals surface area contributed by atoms with Crippen LogP contribution in [-0.4, -0.2) is 33.3 Å². The van der Waals surface area contributed by atoms with E-state index in [1.165, 1.54) is 0 Å². The molecule has 3 heterocycles. The van der Waals surface area contributed by atoms with Crippen LogP contribution < -0.4 is 16.0 Å². The van der Waals surface area contributed by atoms with E-state index in [9.17, 15) is 9.59 Å². The number of carbonyl (C=O) groups excluding carboxylic acids is 2. The van der Waals surface area contributed by atoms with Crippen molar-refractivity contribution in [1.82, 2.24) is 25.6 Å². The number of benzene rings is 1. The molecule has 0 saturated carbocycles. The van der Waals surface area contributed by atoms with Crippen molar-refractivity contribution in [3.63, 3.8) is 0 Å². The highest BCUT2D eigenvalue weighted by Crippen LogP contribution is 2.35. The van der Waals surface area contributed by atoms with Crippen LogP contribution in [0.4, 0.5) is 11.6 Å². The van der Waals surface area contributed by atoms with Gasteiger partial charge in [0.25, 0.3) is 5.91 Å². The average molecular weight is 487 g/mol. The Balaban J connectivity index is 1.25. The number of allylic oxidation sites excluding steroid dienone is 4. The van der Waals surface area contributed by atoms with Gasteiger partial charge in [-0.25, -0.2) is 9.97 Å². The van der Waals surface area contributed by atoms with Crippen LogP contribution in [0.15, 0.2) is 77.7 Å². The Kier molecular flexibility index (Phi) is 6.54. The second-order valence-electron chi connectivity index (χ2n) is 8.34. The summed E-state index contributed by atoms with van der Waals surface area (Å²) in [5, 5.41) is 9.65. The second kappa shape index (κ2) is 10.1. The number of anilines is 2. The van der Waals surface area contributed by atoms with Crippen LogP contribution in [0.1, 0.15) is 39.6 Å². The molecule has 0 saturated heterocycles. The topological polar surface area (TPSA) is 109 Å². The van der Waals surface area contributed by atoms with Crippen LogP contribution in [0.5, 0.6) is 0 Å². The molecule has 9 heteroatoms. The summed E-state index contributed by atoms with van der Waals surface area (Å²) >= 11 is 6.15. The molecular weight excluding hydrogens is 464 g/mol. The smallest absolute Gasteiger partial charge is 0.251 e. The minimum atomic E-state index is -0.144. The summed E-state index contributed by atoms with van der Waals surface area (Å²) in [4.78, 5) is 38.1. The summed E-state index contributed by atoms with van der Waals surface area (Å²) in [6.45, 7) is 0.508. The second-order valence-corrected chi connectivity index (χ2v) is 8.77. The zero-order valence-corrected chi connectivity index (χ0v) is 19.5. The molecule has 176 valence electrons. The number of nitrogens with zero attached hydrogens (tertiary/aromatic N) is 3. The molecule has 0 radical (unpaired) electrons. The van der Waals surface area contributed by atoms with Gasteiger partial charge in [-0.3, -0.25) is 14.6 Å². The van der Waals surface area contributed by atoms with E-state index in [0.29, 0.717) is 35.9 Å². The number of halogens is 1. The van der Waals surface area contributed by atoms with Gasteiger partial charge in [-0.15, -0.1) is 0 Å². The lowest BCUT2D eigenvalue weighted by atomic mass is 9.91. The Hall–Kier alpha value is -4.04. The van der Waals surface area contributed by atoms with E-state index in [0.717, 1.165) is 28.3 Å². The number of amides is 2. The molecule has 0 fully saturated rings. The fraction of sp³-hybridized carbons (Fsp3) is 0.192. The predicted octanol–water partition coefficient (Wildman–Crippen LogP) is 3.75. The minimum absolute atomic E-state index is 0.0837. The normalized spacial score (nSPS) is 16.6. The zero-order valence-electron chi connectivity index (χ0n) is 18.8. The molecule has 8 nitrogen and oxygen atoms in total. The fourth-order valence-electron chi connectivity index (χ4n) is 4.13.